The zero-order valence-corrected chi connectivity index (χ0v) is 16.1. The van der Waals surface area contributed by atoms with Crippen molar-refractivity contribution in [2.24, 2.45) is 0 Å². The second-order valence-corrected chi connectivity index (χ2v) is 8.82. The van der Waals surface area contributed by atoms with Crippen LogP contribution in [0.3, 0.4) is 0 Å². The fraction of sp³-hybridized carbons (Fsp3) is 0.316. The minimum absolute atomic E-state index is 0.0360. The molecule has 1 saturated heterocycles. The lowest BCUT2D eigenvalue weighted by molar-refractivity contribution is -0.385. The lowest BCUT2D eigenvalue weighted by Gasteiger charge is -2.22. The fourth-order valence-corrected chi connectivity index (χ4v) is 5.73. The number of hydrogen-bond acceptors (Lipinski definition) is 5. The Morgan fingerprint density at radius 1 is 1.15 bits per heavy atom. The van der Waals surface area contributed by atoms with Gasteiger partial charge in [-0.05, 0) is 35.6 Å². The highest BCUT2D eigenvalue weighted by atomic mass is 32.2. The Morgan fingerprint density at radius 3 is 2.46 bits per heavy atom. The molecule has 1 amide bonds. The monoisotopic (exact) mass is 388 g/mol. The average molecular weight is 389 g/mol. The number of nitro benzene ring substituents is 1. The maximum Gasteiger partial charge on any atom is 0.274 e. The third-order valence-corrected chi connectivity index (χ3v) is 7.21. The summed E-state index contributed by atoms with van der Waals surface area (Å²) in [4.78, 5) is 24.9. The molecule has 2 aromatic carbocycles. The Hall–Kier alpha value is -1.99. The third kappa shape index (κ3) is 4.40. The van der Waals surface area contributed by atoms with Crippen LogP contribution in [-0.4, -0.2) is 34.3 Å². The van der Waals surface area contributed by atoms with Crippen LogP contribution in [0.2, 0.25) is 0 Å². The first kappa shape index (κ1) is 18.8. The Kier molecular flexibility index (Phi) is 6.21. The second-order valence-electron chi connectivity index (χ2n) is 6.10. The first-order valence-corrected chi connectivity index (χ1v) is 10.5. The third-order valence-electron chi connectivity index (χ3n) is 4.20. The molecule has 7 heteroatoms. The Balaban J connectivity index is 1.69. The number of para-hydroxylation sites is 1. The number of thioether (sulfide) groups is 2. The van der Waals surface area contributed by atoms with Gasteiger partial charge in [0, 0.05) is 24.2 Å². The summed E-state index contributed by atoms with van der Waals surface area (Å²) in [6.45, 7) is 0.200. The van der Waals surface area contributed by atoms with Crippen molar-refractivity contribution in [3.63, 3.8) is 0 Å². The second kappa shape index (κ2) is 8.60. The van der Waals surface area contributed by atoms with Crippen LogP contribution in [0.25, 0.3) is 0 Å². The molecule has 0 N–H and O–H groups in total. The van der Waals surface area contributed by atoms with Crippen LogP contribution in [0.15, 0.2) is 48.5 Å². The van der Waals surface area contributed by atoms with Crippen LogP contribution in [0.5, 0.6) is 0 Å². The summed E-state index contributed by atoms with van der Waals surface area (Å²) in [5, 5.41) is 11.1. The molecule has 5 nitrogen and oxygen atoms in total. The molecule has 0 atom stereocenters. The molecule has 0 unspecified atom stereocenters. The van der Waals surface area contributed by atoms with E-state index in [0.717, 1.165) is 0 Å². The molecule has 1 aliphatic heterocycles. The van der Waals surface area contributed by atoms with Crippen LogP contribution in [0.1, 0.15) is 32.5 Å². The molecule has 0 radical (unpaired) electrons. The number of carbonyl (C=O) groups is 1. The van der Waals surface area contributed by atoms with Gasteiger partial charge in [0.15, 0.2) is 0 Å². The van der Waals surface area contributed by atoms with Crippen LogP contribution in [0.4, 0.5) is 5.69 Å². The van der Waals surface area contributed by atoms with Gasteiger partial charge in [0.25, 0.3) is 11.6 Å². The van der Waals surface area contributed by atoms with Gasteiger partial charge in [0.1, 0.15) is 0 Å². The van der Waals surface area contributed by atoms with Crippen molar-refractivity contribution in [3.05, 3.63) is 75.3 Å². The molecular weight excluding hydrogens is 368 g/mol. The standard InChI is InChI=1S/C19H20N2O3S2/c1-20(13-16-5-2-3-6-17(16)21(23)24)18(22)14-7-9-15(10-8-14)19-25-11-4-12-26-19/h2-3,5-10,19H,4,11-13H2,1H3. The number of benzene rings is 2. The van der Waals surface area contributed by atoms with Crippen molar-refractivity contribution in [2.45, 2.75) is 17.5 Å². The van der Waals surface area contributed by atoms with Gasteiger partial charge in [-0.3, -0.25) is 14.9 Å². The number of rotatable bonds is 5. The number of amides is 1. The molecule has 0 saturated carbocycles. The van der Waals surface area contributed by atoms with Crippen LogP contribution < -0.4 is 0 Å². The molecule has 0 bridgehead atoms. The fourth-order valence-electron chi connectivity index (χ4n) is 2.83. The largest absolute Gasteiger partial charge is 0.337 e. The molecule has 2 aromatic rings. The molecule has 1 aliphatic rings. The maximum atomic E-state index is 12.7. The van der Waals surface area contributed by atoms with Crippen LogP contribution in [-0.2, 0) is 6.54 Å². The molecule has 0 aliphatic carbocycles. The van der Waals surface area contributed by atoms with E-state index in [2.05, 4.69) is 0 Å². The van der Waals surface area contributed by atoms with Gasteiger partial charge in [-0.2, -0.15) is 0 Å². The molecular formula is C19H20N2O3S2. The van der Waals surface area contributed by atoms with E-state index in [9.17, 15) is 14.9 Å². The summed E-state index contributed by atoms with van der Waals surface area (Å²) >= 11 is 3.89. The van der Waals surface area contributed by atoms with Crippen molar-refractivity contribution in [1.82, 2.24) is 4.90 Å². The van der Waals surface area contributed by atoms with Gasteiger partial charge < -0.3 is 4.90 Å². The zero-order valence-electron chi connectivity index (χ0n) is 14.5. The average Bonchev–Trinajstić information content (AvgIpc) is 2.68. The van der Waals surface area contributed by atoms with Crippen molar-refractivity contribution >= 4 is 35.1 Å². The number of carbonyl (C=O) groups excluding carboxylic acids is 1. The van der Waals surface area contributed by atoms with Gasteiger partial charge >= 0.3 is 0 Å². The van der Waals surface area contributed by atoms with Crippen LogP contribution in [0, 0.1) is 10.1 Å². The first-order valence-electron chi connectivity index (χ1n) is 8.37. The van der Waals surface area contributed by atoms with E-state index in [1.54, 1.807) is 25.2 Å². The number of hydrogen-bond donors (Lipinski definition) is 0. The summed E-state index contributed by atoms with van der Waals surface area (Å²) in [5.41, 5.74) is 2.40. The highest BCUT2D eigenvalue weighted by Gasteiger charge is 2.20. The summed E-state index contributed by atoms with van der Waals surface area (Å²) < 4.78 is 0.442. The summed E-state index contributed by atoms with van der Waals surface area (Å²) in [6.07, 6.45) is 1.25. The summed E-state index contributed by atoms with van der Waals surface area (Å²) in [5.74, 6) is 2.21. The predicted molar refractivity (Wildman–Crippen MR) is 108 cm³/mol. The Labute approximate surface area is 161 Å². The van der Waals surface area contributed by atoms with Crippen molar-refractivity contribution < 1.29 is 9.72 Å². The van der Waals surface area contributed by atoms with Gasteiger partial charge in [0.05, 0.1) is 16.1 Å². The van der Waals surface area contributed by atoms with E-state index in [4.69, 9.17) is 0 Å². The van der Waals surface area contributed by atoms with E-state index in [1.807, 2.05) is 47.8 Å². The number of nitrogens with zero attached hydrogens (tertiary/aromatic N) is 2. The molecule has 1 fully saturated rings. The van der Waals surface area contributed by atoms with E-state index in [-0.39, 0.29) is 18.1 Å². The van der Waals surface area contributed by atoms with E-state index in [0.29, 0.717) is 15.7 Å². The van der Waals surface area contributed by atoms with Gasteiger partial charge in [-0.1, -0.05) is 30.3 Å². The van der Waals surface area contributed by atoms with Gasteiger partial charge in [0.2, 0.25) is 0 Å². The van der Waals surface area contributed by atoms with E-state index < -0.39 is 4.92 Å². The minimum atomic E-state index is -0.415. The first-order chi connectivity index (χ1) is 12.6. The van der Waals surface area contributed by atoms with Crippen molar-refractivity contribution in [3.8, 4) is 0 Å². The summed E-state index contributed by atoms with van der Waals surface area (Å²) in [7, 11) is 1.67. The smallest absolute Gasteiger partial charge is 0.274 e. The summed E-state index contributed by atoms with van der Waals surface area (Å²) in [6, 6.07) is 14.2. The van der Waals surface area contributed by atoms with E-state index >= 15 is 0 Å². The SMILES string of the molecule is CN(Cc1ccccc1[N+](=O)[O-])C(=O)c1ccc(C2SCCCS2)cc1. The lowest BCUT2D eigenvalue weighted by Crippen LogP contribution is -2.26. The highest BCUT2D eigenvalue weighted by Crippen LogP contribution is 2.43. The quantitative estimate of drug-likeness (QED) is 0.547. The Bertz CT molecular complexity index is 790. The van der Waals surface area contributed by atoms with E-state index in [1.165, 1.54) is 34.5 Å². The highest BCUT2D eigenvalue weighted by molar-refractivity contribution is 8.16. The topological polar surface area (TPSA) is 63.4 Å². The molecule has 3 rings (SSSR count). The van der Waals surface area contributed by atoms with Crippen molar-refractivity contribution in [2.75, 3.05) is 18.6 Å². The molecule has 1 heterocycles. The Morgan fingerprint density at radius 2 is 1.81 bits per heavy atom. The number of nitro groups is 1. The molecule has 0 spiro atoms. The molecule has 136 valence electrons. The zero-order chi connectivity index (χ0) is 18.5. The van der Waals surface area contributed by atoms with Gasteiger partial charge in [-0.15, -0.1) is 23.5 Å². The normalized spacial score (nSPS) is 14.8. The van der Waals surface area contributed by atoms with Crippen LogP contribution >= 0.6 is 23.5 Å². The molecule has 0 aromatic heterocycles. The molecule has 26 heavy (non-hydrogen) atoms. The predicted octanol–water partition coefficient (Wildman–Crippen LogP) is 4.74. The minimum Gasteiger partial charge on any atom is -0.337 e. The lowest BCUT2D eigenvalue weighted by atomic mass is 10.1. The van der Waals surface area contributed by atoms with Gasteiger partial charge in [-0.25, -0.2) is 0 Å². The maximum absolute atomic E-state index is 12.7. The van der Waals surface area contributed by atoms with Crippen molar-refractivity contribution in [1.29, 1.82) is 0 Å².